The Labute approximate surface area is 114 Å². The second-order valence-electron chi connectivity index (χ2n) is 2.81. The molecule has 1 saturated carbocycles. The molecular formula is C9H11Br2Hf-3. The van der Waals surface area contributed by atoms with E-state index >= 15 is 0 Å². The van der Waals surface area contributed by atoms with Crippen molar-refractivity contribution in [2.75, 3.05) is 0 Å². The van der Waals surface area contributed by atoms with Gasteiger partial charge in [-0.3, -0.25) is 0 Å². The number of halogens is 2. The first-order valence-corrected chi connectivity index (χ1v) is 3.67. The van der Waals surface area contributed by atoms with Gasteiger partial charge in [-0.15, -0.1) is 18.6 Å². The topological polar surface area (TPSA) is 0 Å². The molecule has 0 aliphatic heterocycles. The van der Waals surface area contributed by atoms with Crippen LogP contribution in [0.4, 0.5) is 0 Å². The third-order valence-electron chi connectivity index (χ3n) is 2.21. The second-order valence-corrected chi connectivity index (χ2v) is 2.81. The predicted molar refractivity (Wildman–Crippen MR) is 38.9 cm³/mol. The van der Waals surface area contributed by atoms with Crippen molar-refractivity contribution in [3.63, 3.8) is 0 Å². The summed E-state index contributed by atoms with van der Waals surface area (Å²) in [5.41, 5.74) is 1.58. The van der Waals surface area contributed by atoms with Crippen LogP contribution in [0.5, 0.6) is 0 Å². The van der Waals surface area contributed by atoms with Crippen LogP contribution in [0.3, 0.4) is 0 Å². The largest absolute Gasteiger partial charge is 1.00 e. The van der Waals surface area contributed by atoms with E-state index in [1.807, 2.05) is 0 Å². The fraction of sp³-hybridized carbons (Fsp3) is 0.444. The fourth-order valence-corrected chi connectivity index (χ4v) is 1.66. The van der Waals surface area contributed by atoms with Gasteiger partial charge in [-0.25, -0.2) is 18.1 Å². The van der Waals surface area contributed by atoms with Crippen molar-refractivity contribution < 1.29 is 59.8 Å². The molecule has 0 saturated heterocycles. The number of rotatable bonds is 0. The summed E-state index contributed by atoms with van der Waals surface area (Å²) in [7, 11) is 0. The first kappa shape index (κ1) is 15.6. The molecule has 0 radical (unpaired) electrons. The van der Waals surface area contributed by atoms with E-state index in [0.717, 1.165) is 5.92 Å². The maximum atomic E-state index is 2.37. The van der Waals surface area contributed by atoms with Crippen molar-refractivity contribution >= 4 is 0 Å². The van der Waals surface area contributed by atoms with Gasteiger partial charge in [0.05, 0.1) is 0 Å². The minimum atomic E-state index is 0. The Morgan fingerprint density at radius 2 is 2.08 bits per heavy atom. The summed E-state index contributed by atoms with van der Waals surface area (Å²) in [6.45, 7) is 0. The Balaban J connectivity index is 0. The molecule has 0 aromatic rings. The van der Waals surface area contributed by atoms with Crippen LogP contribution in [0, 0.1) is 12.3 Å². The number of hydrogen-bond donors (Lipinski definition) is 0. The summed E-state index contributed by atoms with van der Waals surface area (Å²) < 4.78 is 0. The molecule has 1 unspecified atom stereocenters. The molecule has 2 aliphatic carbocycles. The quantitative estimate of drug-likeness (QED) is 0.262. The van der Waals surface area contributed by atoms with Gasteiger partial charge >= 0.3 is 0 Å². The van der Waals surface area contributed by atoms with Gasteiger partial charge in [-0.1, -0.05) is 6.42 Å². The molecular weight excluding hydrogens is 446 g/mol. The summed E-state index contributed by atoms with van der Waals surface area (Å²) in [5, 5.41) is 0. The van der Waals surface area contributed by atoms with Crippen LogP contribution in [-0.4, -0.2) is 0 Å². The van der Waals surface area contributed by atoms with Crippen LogP contribution in [0.1, 0.15) is 19.3 Å². The van der Waals surface area contributed by atoms with Gasteiger partial charge in [0.1, 0.15) is 0 Å². The van der Waals surface area contributed by atoms with Gasteiger partial charge < -0.3 is 34.0 Å². The van der Waals surface area contributed by atoms with Crippen molar-refractivity contribution in [2.45, 2.75) is 19.3 Å². The van der Waals surface area contributed by atoms with Crippen LogP contribution in [0.25, 0.3) is 0 Å². The monoisotopic (exact) mass is 457 g/mol. The predicted octanol–water partition coefficient (Wildman–Crippen LogP) is -3.51. The summed E-state index contributed by atoms with van der Waals surface area (Å²) in [6, 6.07) is 0. The van der Waals surface area contributed by atoms with E-state index in [0.29, 0.717) is 0 Å². The Hall–Kier alpha value is 1.18. The van der Waals surface area contributed by atoms with Gasteiger partial charge in [0, 0.05) is 25.8 Å². The minimum Gasteiger partial charge on any atom is -1.00 e. The number of hydrogen-bond acceptors (Lipinski definition) is 0. The fourth-order valence-electron chi connectivity index (χ4n) is 1.66. The van der Waals surface area contributed by atoms with Crippen LogP contribution < -0.4 is 34.0 Å². The molecule has 0 heterocycles. The second kappa shape index (κ2) is 7.57. The van der Waals surface area contributed by atoms with Gasteiger partial charge in [0.25, 0.3) is 0 Å². The molecule has 1 fully saturated rings. The van der Waals surface area contributed by atoms with Crippen molar-refractivity contribution in [3.8, 4) is 0 Å². The molecule has 0 amide bonds. The molecule has 0 nitrogen and oxygen atoms in total. The average molecular weight is 457 g/mol. The zero-order chi connectivity index (χ0) is 6.10. The standard InChI is InChI=1S/C9H11.2BrH.Hf/c1-2-5-9-7-3-6-8(9)4-1;;;/h1-2,4,6,9H,3,5,7H2;2*1H;/q-1;;;/p-2. The molecule has 0 N–H and O–H groups in total. The molecule has 0 bridgehead atoms. The third-order valence-corrected chi connectivity index (χ3v) is 2.21. The molecule has 1 atom stereocenters. The number of allylic oxidation sites excluding steroid dienone is 4. The van der Waals surface area contributed by atoms with Crippen LogP contribution >= 0.6 is 0 Å². The molecule has 3 heteroatoms. The van der Waals surface area contributed by atoms with E-state index in [2.05, 4.69) is 24.6 Å². The summed E-state index contributed by atoms with van der Waals surface area (Å²) in [4.78, 5) is 0. The minimum absolute atomic E-state index is 0. The van der Waals surface area contributed by atoms with E-state index in [1.165, 1.54) is 19.3 Å². The number of fused-ring (bicyclic) bond motifs is 1. The molecule has 12 heavy (non-hydrogen) atoms. The van der Waals surface area contributed by atoms with Crippen LogP contribution in [-0.2, 0) is 25.8 Å². The first-order valence-electron chi connectivity index (χ1n) is 3.67. The SMILES string of the molecule is C1=CCC2CC[CH-]C2=C1.[Br-].[Br-].[Hf]. The molecule has 68 valence electrons. The van der Waals surface area contributed by atoms with E-state index in [1.54, 1.807) is 5.57 Å². The first-order chi connectivity index (χ1) is 4.47. The Bertz CT molecular complexity index is 175. The van der Waals surface area contributed by atoms with E-state index in [4.69, 9.17) is 0 Å². The third kappa shape index (κ3) is 3.51. The van der Waals surface area contributed by atoms with E-state index < -0.39 is 0 Å². The Kier molecular flexibility index (Phi) is 9.87. The molecule has 2 rings (SSSR count). The van der Waals surface area contributed by atoms with Crippen molar-refractivity contribution in [3.05, 3.63) is 30.2 Å². The molecule has 2 aliphatic rings. The smallest absolute Gasteiger partial charge is 0 e. The maximum Gasteiger partial charge on any atom is 0 e. The summed E-state index contributed by atoms with van der Waals surface area (Å²) >= 11 is 0. The average Bonchev–Trinajstić information content (AvgIpc) is 2.33. The molecule has 0 aromatic carbocycles. The molecule has 0 spiro atoms. The van der Waals surface area contributed by atoms with E-state index in [9.17, 15) is 0 Å². The van der Waals surface area contributed by atoms with Gasteiger partial charge in [0.2, 0.25) is 0 Å². The summed E-state index contributed by atoms with van der Waals surface area (Å²) in [5.74, 6) is 0.884. The van der Waals surface area contributed by atoms with Crippen LogP contribution in [0.15, 0.2) is 23.8 Å². The van der Waals surface area contributed by atoms with Crippen molar-refractivity contribution in [2.24, 2.45) is 5.92 Å². The van der Waals surface area contributed by atoms with Crippen molar-refractivity contribution in [1.82, 2.24) is 0 Å². The normalized spacial score (nSPS) is 23.3. The van der Waals surface area contributed by atoms with E-state index in [-0.39, 0.29) is 59.8 Å². The zero-order valence-electron chi connectivity index (χ0n) is 6.76. The Morgan fingerprint density at radius 1 is 1.33 bits per heavy atom. The van der Waals surface area contributed by atoms with Gasteiger partial charge in [-0.05, 0) is 12.3 Å². The summed E-state index contributed by atoms with van der Waals surface area (Å²) in [6.07, 6.45) is 13.0. The Morgan fingerprint density at radius 3 is 2.75 bits per heavy atom. The maximum absolute atomic E-state index is 2.37. The van der Waals surface area contributed by atoms with Crippen LogP contribution in [0.2, 0.25) is 0 Å². The van der Waals surface area contributed by atoms with Crippen molar-refractivity contribution in [1.29, 1.82) is 0 Å². The van der Waals surface area contributed by atoms with Gasteiger partial charge in [-0.2, -0.15) is 0 Å². The zero-order valence-corrected chi connectivity index (χ0v) is 13.5. The molecule has 0 aromatic heterocycles. The van der Waals surface area contributed by atoms with Gasteiger partial charge in [0.15, 0.2) is 0 Å².